The molecule has 0 amide bonds. The van der Waals surface area contributed by atoms with Gasteiger partial charge in [0.05, 0.1) is 0 Å². The summed E-state index contributed by atoms with van der Waals surface area (Å²) in [5.74, 6) is 1.19. The number of nitrogens with zero attached hydrogens (tertiary/aromatic N) is 3. The van der Waals surface area contributed by atoms with Crippen LogP contribution in [0.25, 0.3) is 0 Å². The van der Waals surface area contributed by atoms with E-state index in [-0.39, 0.29) is 17.8 Å². The van der Waals surface area contributed by atoms with Gasteiger partial charge in [0.1, 0.15) is 0 Å². The van der Waals surface area contributed by atoms with Crippen molar-refractivity contribution in [3.05, 3.63) is 41.7 Å². The van der Waals surface area contributed by atoms with Gasteiger partial charge in [0, 0.05) is 6.04 Å². The fourth-order valence-corrected chi connectivity index (χ4v) is 3.20. The largest absolute Gasteiger partial charge is 0.368 e. The molecule has 1 saturated carbocycles. The molecule has 0 aliphatic heterocycles. The first-order valence-electron chi connectivity index (χ1n) is 9.11. The predicted octanol–water partition coefficient (Wildman–Crippen LogP) is 4.09. The van der Waals surface area contributed by atoms with E-state index in [9.17, 15) is 4.39 Å². The molecule has 1 aromatic heterocycles. The zero-order chi connectivity index (χ0) is 17.6. The number of rotatable bonds is 8. The maximum absolute atomic E-state index is 13.9. The average molecular weight is 343 g/mol. The molecular weight excluding hydrogens is 317 g/mol. The normalized spacial score (nSPS) is 16.9. The van der Waals surface area contributed by atoms with Gasteiger partial charge < -0.3 is 11.1 Å². The number of nitrogens with one attached hydrogen (secondary N) is 1. The highest BCUT2D eigenvalue weighted by molar-refractivity contribution is 5.33. The SMILES string of the molecule is CC[C@H](F)c1nc(N)nc(N[C@@H](CCc2ccccc2)C2CCC2)n1. The van der Waals surface area contributed by atoms with E-state index in [0.29, 0.717) is 18.3 Å². The van der Waals surface area contributed by atoms with Gasteiger partial charge in [-0.15, -0.1) is 0 Å². The number of aryl methyl sites for hydroxylation is 1. The van der Waals surface area contributed by atoms with E-state index in [0.717, 1.165) is 12.8 Å². The minimum atomic E-state index is -1.21. The molecule has 5 nitrogen and oxygen atoms in total. The van der Waals surface area contributed by atoms with Crippen molar-refractivity contribution in [3.63, 3.8) is 0 Å². The van der Waals surface area contributed by atoms with Crippen molar-refractivity contribution in [2.75, 3.05) is 11.1 Å². The molecular formula is C19H26FN5. The molecule has 2 aromatic rings. The highest BCUT2D eigenvalue weighted by Crippen LogP contribution is 2.33. The summed E-state index contributed by atoms with van der Waals surface area (Å²) in [5.41, 5.74) is 7.07. The summed E-state index contributed by atoms with van der Waals surface area (Å²) in [6.07, 6.45) is 4.77. The van der Waals surface area contributed by atoms with E-state index in [2.05, 4.69) is 44.5 Å². The number of benzene rings is 1. The summed E-state index contributed by atoms with van der Waals surface area (Å²) in [4.78, 5) is 12.3. The Labute approximate surface area is 148 Å². The van der Waals surface area contributed by atoms with Gasteiger partial charge in [-0.25, -0.2) is 4.39 Å². The van der Waals surface area contributed by atoms with Crippen LogP contribution in [0, 0.1) is 5.92 Å². The quantitative estimate of drug-likeness (QED) is 0.755. The third-order valence-corrected chi connectivity index (χ3v) is 4.93. The van der Waals surface area contributed by atoms with Gasteiger partial charge in [0.15, 0.2) is 12.0 Å². The Kier molecular flexibility index (Phi) is 5.79. The molecule has 1 aliphatic carbocycles. The van der Waals surface area contributed by atoms with Gasteiger partial charge in [0.25, 0.3) is 0 Å². The molecule has 0 saturated heterocycles. The minimum absolute atomic E-state index is 0.0685. The maximum atomic E-state index is 13.9. The lowest BCUT2D eigenvalue weighted by atomic mass is 9.78. The third kappa shape index (κ3) is 4.65. The van der Waals surface area contributed by atoms with Crippen molar-refractivity contribution in [2.24, 2.45) is 5.92 Å². The summed E-state index contributed by atoms with van der Waals surface area (Å²) in [5, 5.41) is 3.40. The fourth-order valence-electron chi connectivity index (χ4n) is 3.20. The first-order valence-corrected chi connectivity index (χ1v) is 9.11. The summed E-state index contributed by atoms with van der Waals surface area (Å²) in [6, 6.07) is 10.7. The molecule has 0 radical (unpaired) electrons. The van der Waals surface area contributed by atoms with Crippen LogP contribution in [0.5, 0.6) is 0 Å². The van der Waals surface area contributed by atoms with Crippen molar-refractivity contribution < 1.29 is 4.39 Å². The predicted molar refractivity (Wildman–Crippen MR) is 97.9 cm³/mol. The van der Waals surface area contributed by atoms with Crippen LogP contribution in [0.15, 0.2) is 30.3 Å². The number of aromatic nitrogens is 3. The lowest BCUT2D eigenvalue weighted by molar-refractivity contribution is 0.265. The number of hydrogen-bond donors (Lipinski definition) is 2. The van der Waals surface area contributed by atoms with Gasteiger partial charge in [-0.1, -0.05) is 43.7 Å². The molecule has 0 bridgehead atoms. The van der Waals surface area contributed by atoms with Gasteiger partial charge in [-0.2, -0.15) is 15.0 Å². The van der Waals surface area contributed by atoms with Crippen molar-refractivity contribution in [3.8, 4) is 0 Å². The number of nitrogens with two attached hydrogens (primary N) is 1. The smallest absolute Gasteiger partial charge is 0.228 e. The fraction of sp³-hybridized carbons (Fsp3) is 0.526. The van der Waals surface area contributed by atoms with Gasteiger partial charge in [-0.3, -0.25) is 0 Å². The number of halogens is 1. The van der Waals surface area contributed by atoms with E-state index >= 15 is 0 Å². The Hall–Kier alpha value is -2.24. The standard InChI is InChI=1S/C19H26FN5/c1-2-15(20)17-23-18(21)25-19(24-17)22-16(14-9-6-10-14)12-11-13-7-4-3-5-8-13/h3-5,7-8,14-16H,2,6,9-12H2,1H3,(H3,21,22,23,24,25)/t15-,16-/m0/s1. The van der Waals surface area contributed by atoms with Crippen molar-refractivity contribution in [1.82, 2.24) is 15.0 Å². The Bertz CT molecular complexity index is 675. The van der Waals surface area contributed by atoms with Crippen LogP contribution in [0.4, 0.5) is 16.3 Å². The number of alkyl halides is 1. The average Bonchev–Trinajstić information content (AvgIpc) is 2.58. The Morgan fingerprint density at radius 3 is 2.60 bits per heavy atom. The third-order valence-electron chi connectivity index (χ3n) is 4.93. The second-order valence-corrected chi connectivity index (χ2v) is 6.72. The van der Waals surface area contributed by atoms with Crippen molar-refractivity contribution >= 4 is 11.9 Å². The molecule has 3 rings (SSSR count). The molecule has 2 atom stereocenters. The lowest BCUT2D eigenvalue weighted by Gasteiger charge is -2.34. The first kappa shape index (κ1) is 17.6. The van der Waals surface area contributed by atoms with Gasteiger partial charge in [-0.05, 0) is 43.6 Å². The summed E-state index contributed by atoms with van der Waals surface area (Å²) >= 11 is 0. The number of anilines is 2. The van der Waals surface area contributed by atoms with Gasteiger partial charge in [0.2, 0.25) is 11.9 Å². The van der Waals surface area contributed by atoms with E-state index < -0.39 is 6.17 Å². The molecule has 134 valence electrons. The van der Waals surface area contributed by atoms with Gasteiger partial charge >= 0.3 is 0 Å². The Balaban J connectivity index is 1.70. The monoisotopic (exact) mass is 343 g/mol. The number of hydrogen-bond acceptors (Lipinski definition) is 5. The molecule has 1 aliphatic rings. The van der Waals surface area contributed by atoms with E-state index in [1.807, 2.05) is 6.07 Å². The maximum Gasteiger partial charge on any atom is 0.228 e. The van der Waals surface area contributed by atoms with Crippen LogP contribution in [-0.2, 0) is 6.42 Å². The molecule has 1 aromatic carbocycles. The molecule has 0 unspecified atom stereocenters. The second kappa shape index (κ2) is 8.23. The topological polar surface area (TPSA) is 76.7 Å². The van der Waals surface area contributed by atoms with E-state index in [1.54, 1.807) is 6.92 Å². The number of nitrogen functional groups attached to an aromatic ring is 1. The zero-order valence-corrected chi connectivity index (χ0v) is 14.7. The van der Waals surface area contributed by atoms with Crippen LogP contribution in [0.2, 0.25) is 0 Å². The van der Waals surface area contributed by atoms with Crippen LogP contribution in [-0.4, -0.2) is 21.0 Å². The Morgan fingerprint density at radius 1 is 1.20 bits per heavy atom. The molecule has 1 fully saturated rings. The van der Waals surface area contributed by atoms with E-state index in [4.69, 9.17) is 5.73 Å². The zero-order valence-electron chi connectivity index (χ0n) is 14.7. The van der Waals surface area contributed by atoms with Crippen LogP contribution >= 0.6 is 0 Å². The van der Waals surface area contributed by atoms with Crippen molar-refractivity contribution in [1.29, 1.82) is 0 Å². The minimum Gasteiger partial charge on any atom is -0.368 e. The first-order chi connectivity index (χ1) is 12.2. The summed E-state index contributed by atoms with van der Waals surface area (Å²) < 4.78 is 13.9. The van der Waals surface area contributed by atoms with Crippen molar-refractivity contribution in [2.45, 2.75) is 57.7 Å². The molecule has 3 N–H and O–H groups in total. The Morgan fingerprint density at radius 2 is 1.96 bits per heavy atom. The molecule has 6 heteroatoms. The highest BCUT2D eigenvalue weighted by atomic mass is 19.1. The van der Waals surface area contributed by atoms with Crippen LogP contribution < -0.4 is 11.1 Å². The summed E-state index contributed by atoms with van der Waals surface area (Å²) in [6.45, 7) is 1.76. The molecule has 0 spiro atoms. The lowest BCUT2D eigenvalue weighted by Crippen LogP contribution is -2.35. The highest BCUT2D eigenvalue weighted by Gasteiger charge is 2.28. The van der Waals surface area contributed by atoms with E-state index in [1.165, 1.54) is 24.8 Å². The summed E-state index contributed by atoms with van der Waals surface area (Å²) in [7, 11) is 0. The second-order valence-electron chi connectivity index (χ2n) is 6.72. The molecule has 25 heavy (non-hydrogen) atoms. The van der Waals surface area contributed by atoms with Crippen LogP contribution in [0.3, 0.4) is 0 Å². The van der Waals surface area contributed by atoms with Crippen LogP contribution in [0.1, 0.15) is 56.6 Å². The molecule has 1 heterocycles.